The second kappa shape index (κ2) is 14.3. The van der Waals surface area contributed by atoms with E-state index in [2.05, 4.69) is 6.92 Å². The van der Waals surface area contributed by atoms with Crippen LogP contribution in [0.3, 0.4) is 0 Å². The first-order chi connectivity index (χ1) is 17.9. The summed E-state index contributed by atoms with van der Waals surface area (Å²) in [6.07, 6.45) is 5.52. The maximum Gasteiger partial charge on any atom is 0.468 e. The number of benzene rings is 3. The molecule has 0 heterocycles. The van der Waals surface area contributed by atoms with E-state index in [-0.39, 0.29) is 0 Å². The molecule has 200 valence electrons. The molecule has 0 saturated heterocycles. The first-order valence-electron chi connectivity index (χ1n) is 13.2. The average molecular weight is 533 g/mol. The summed E-state index contributed by atoms with van der Waals surface area (Å²) in [6, 6.07) is 21.5. The van der Waals surface area contributed by atoms with Gasteiger partial charge in [0.15, 0.2) is 5.82 Å². The predicted molar refractivity (Wildman–Crippen MR) is 143 cm³/mol. The van der Waals surface area contributed by atoms with Crippen molar-refractivity contribution in [2.75, 3.05) is 6.61 Å². The van der Waals surface area contributed by atoms with E-state index in [0.717, 1.165) is 31.4 Å². The predicted octanol–water partition coefficient (Wildman–Crippen LogP) is 8.03. The van der Waals surface area contributed by atoms with Crippen LogP contribution in [0.1, 0.15) is 70.3 Å². The van der Waals surface area contributed by atoms with Gasteiger partial charge in [-0.15, -0.1) is 0 Å². The number of unbranched alkanes of at least 4 members (excludes halogenated alkanes) is 8. The lowest BCUT2D eigenvalue weighted by atomic mass is 10.1. The number of rotatable bonds is 15. The number of alkyl halides is 3. The maximum atomic E-state index is 15.1. The summed E-state index contributed by atoms with van der Waals surface area (Å²) in [6.45, 7) is 2.58. The Hall–Kier alpha value is -2.64. The molecule has 0 aliphatic carbocycles. The molecule has 7 heteroatoms. The Labute approximate surface area is 218 Å². The Balaban J connectivity index is 1.83. The van der Waals surface area contributed by atoms with Crippen LogP contribution in [0.4, 0.5) is 17.6 Å². The molecule has 0 bridgehead atoms. The van der Waals surface area contributed by atoms with Gasteiger partial charge in [-0.2, -0.15) is 13.2 Å². The summed E-state index contributed by atoms with van der Waals surface area (Å²) in [4.78, 5) is 0. The van der Waals surface area contributed by atoms with Crippen LogP contribution in [0, 0.1) is 5.82 Å². The van der Waals surface area contributed by atoms with Gasteiger partial charge < -0.3 is 8.85 Å². The highest BCUT2D eigenvalue weighted by Crippen LogP contribution is 2.35. The lowest BCUT2D eigenvalue weighted by Gasteiger charge is -2.32. The van der Waals surface area contributed by atoms with Crippen molar-refractivity contribution >= 4 is 18.9 Å². The molecular weight excluding hydrogens is 496 g/mol. The van der Waals surface area contributed by atoms with Crippen molar-refractivity contribution in [1.82, 2.24) is 0 Å². The third-order valence-corrected chi connectivity index (χ3v) is 9.69. The third kappa shape index (κ3) is 8.17. The molecule has 0 radical (unpaired) electrons. The summed E-state index contributed by atoms with van der Waals surface area (Å²) >= 11 is 0. The Morgan fingerprint density at radius 3 is 1.68 bits per heavy atom. The van der Waals surface area contributed by atoms with E-state index < -0.39 is 31.9 Å². The SMILES string of the molecule is CCCCCCCCCCCO[Si](Oc1cccc(C(F)(F)F)c1F)(c1ccccc1)c1ccccc1. The molecular formula is C30H36F4O2Si. The molecule has 2 nitrogen and oxygen atoms in total. The average Bonchev–Trinajstić information content (AvgIpc) is 2.90. The van der Waals surface area contributed by atoms with E-state index in [0.29, 0.717) is 17.0 Å². The molecule has 0 N–H and O–H groups in total. The number of halogens is 4. The van der Waals surface area contributed by atoms with Crippen molar-refractivity contribution in [2.24, 2.45) is 0 Å². The summed E-state index contributed by atoms with van der Waals surface area (Å²) < 4.78 is 68.2. The molecule has 0 atom stereocenters. The minimum atomic E-state index is -4.83. The fraction of sp³-hybridized carbons (Fsp3) is 0.400. The lowest BCUT2D eigenvalue weighted by molar-refractivity contribution is -0.140. The van der Waals surface area contributed by atoms with Crippen molar-refractivity contribution in [3.8, 4) is 5.75 Å². The zero-order valence-corrected chi connectivity index (χ0v) is 22.4. The van der Waals surface area contributed by atoms with E-state index in [1.807, 2.05) is 60.7 Å². The third-order valence-electron chi connectivity index (χ3n) is 6.38. The second-order valence-electron chi connectivity index (χ2n) is 9.24. The van der Waals surface area contributed by atoms with Gasteiger partial charge in [0.1, 0.15) is 5.75 Å². The smallest absolute Gasteiger partial charge is 0.468 e. The Morgan fingerprint density at radius 2 is 1.16 bits per heavy atom. The molecule has 3 rings (SSSR count). The molecule has 37 heavy (non-hydrogen) atoms. The molecule has 0 aliphatic heterocycles. The van der Waals surface area contributed by atoms with Crippen molar-refractivity contribution in [3.63, 3.8) is 0 Å². The molecule has 3 aromatic carbocycles. The Morgan fingerprint density at radius 1 is 0.649 bits per heavy atom. The number of hydrogen-bond acceptors (Lipinski definition) is 2. The minimum absolute atomic E-state index is 0.367. The molecule has 0 unspecified atom stereocenters. The molecule has 0 spiro atoms. The molecule has 0 aliphatic rings. The number of hydrogen-bond donors (Lipinski definition) is 0. The first-order valence-corrected chi connectivity index (χ1v) is 15.0. The molecule has 3 aromatic rings. The first kappa shape index (κ1) is 28.9. The zero-order chi connectivity index (χ0) is 26.6. The highest BCUT2D eigenvalue weighted by Gasteiger charge is 2.46. The Kier molecular flexibility index (Phi) is 11.2. The van der Waals surface area contributed by atoms with Crippen LogP contribution < -0.4 is 14.8 Å². The van der Waals surface area contributed by atoms with Gasteiger partial charge in [0.25, 0.3) is 0 Å². The van der Waals surface area contributed by atoms with Crippen LogP contribution in [0.5, 0.6) is 5.75 Å². The molecule has 0 aromatic heterocycles. The highest BCUT2D eigenvalue weighted by atomic mass is 28.4. The quantitative estimate of drug-likeness (QED) is 0.112. The van der Waals surface area contributed by atoms with Crippen LogP contribution in [-0.4, -0.2) is 15.2 Å². The van der Waals surface area contributed by atoms with Crippen molar-refractivity contribution in [1.29, 1.82) is 0 Å². The second-order valence-corrected chi connectivity index (χ2v) is 12.1. The van der Waals surface area contributed by atoms with E-state index >= 15 is 4.39 Å². The zero-order valence-electron chi connectivity index (χ0n) is 21.4. The summed E-state index contributed by atoms with van der Waals surface area (Å²) in [5.74, 6) is -1.88. The maximum absolute atomic E-state index is 15.1. The van der Waals surface area contributed by atoms with Crippen LogP contribution in [0.2, 0.25) is 0 Å². The molecule has 0 amide bonds. The van der Waals surface area contributed by atoms with E-state index in [4.69, 9.17) is 8.85 Å². The normalized spacial score (nSPS) is 12.0. The van der Waals surface area contributed by atoms with E-state index in [1.54, 1.807) is 0 Å². The van der Waals surface area contributed by atoms with Crippen LogP contribution >= 0.6 is 0 Å². The van der Waals surface area contributed by atoms with Gasteiger partial charge in [0.05, 0.1) is 5.56 Å². The summed E-state index contributed by atoms with van der Waals surface area (Å²) in [7, 11) is -3.60. The van der Waals surface area contributed by atoms with Crippen LogP contribution in [-0.2, 0) is 10.6 Å². The van der Waals surface area contributed by atoms with Crippen molar-refractivity contribution < 1.29 is 26.4 Å². The van der Waals surface area contributed by atoms with Gasteiger partial charge >= 0.3 is 14.7 Å². The van der Waals surface area contributed by atoms with Gasteiger partial charge in [0, 0.05) is 17.0 Å². The highest BCUT2D eigenvalue weighted by molar-refractivity contribution is 6.93. The van der Waals surface area contributed by atoms with Crippen LogP contribution in [0.15, 0.2) is 78.9 Å². The standard InChI is InChI=1S/C30H36F4O2Si/c1-2-3-4-5-6-7-8-9-16-24-35-37(25-18-12-10-13-19-25,26-20-14-11-15-21-26)36-28-23-17-22-27(29(28)31)30(32,33)34/h10-15,17-23H,2-9,16,24H2,1H3. The van der Waals surface area contributed by atoms with E-state index in [9.17, 15) is 13.2 Å². The van der Waals surface area contributed by atoms with Crippen molar-refractivity contribution in [2.45, 2.75) is 70.9 Å². The van der Waals surface area contributed by atoms with Gasteiger partial charge in [0.2, 0.25) is 0 Å². The van der Waals surface area contributed by atoms with E-state index in [1.165, 1.54) is 44.6 Å². The topological polar surface area (TPSA) is 18.5 Å². The summed E-state index contributed by atoms with van der Waals surface area (Å²) in [5, 5.41) is 1.41. The van der Waals surface area contributed by atoms with Gasteiger partial charge in [-0.1, -0.05) is 125 Å². The Bertz CT molecular complexity index is 1020. The fourth-order valence-corrected chi connectivity index (χ4v) is 7.51. The van der Waals surface area contributed by atoms with Gasteiger partial charge in [-0.25, -0.2) is 4.39 Å². The monoisotopic (exact) mass is 532 g/mol. The van der Waals surface area contributed by atoms with Crippen LogP contribution in [0.25, 0.3) is 0 Å². The molecule has 0 saturated carbocycles. The van der Waals surface area contributed by atoms with Gasteiger partial charge in [-0.05, 0) is 18.6 Å². The lowest BCUT2D eigenvalue weighted by Crippen LogP contribution is -2.66. The van der Waals surface area contributed by atoms with Gasteiger partial charge in [-0.3, -0.25) is 0 Å². The van der Waals surface area contributed by atoms with Crippen molar-refractivity contribution in [3.05, 3.63) is 90.2 Å². The largest absolute Gasteiger partial charge is 0.511 e. The summed E-state index contributed by atoms with van der Waals surface area (Å²) in [5.41, 5.74) is -1.35. The fourth-order valence-electron chi connectivity index (χ4n) is 4.39. The molecule has 0 fully saturated rings. The minimum Gasteiger partial charge on any atom is -0.511 e.